The topological polar surface area (TPSA) is 96.0 Å². The van der Waals surface area contributed by atoms with Crippen LogP contribution >= 0.6 is 11.6 Å². The van der Waals surface area contributed by atoms with E-state index in [0.29, 0.717) is 29.5 Å². The molecule has 0 aromatic heterocycles. The lowest BCUT2D eigenvalue weighted by atomic mass is 10.1. The van der Waals surface area contributed by atoms with Gasteiger partial charge in [-0.15, -0.1) is 0 Å². The SMILES string of the molecule is CC[C@H](C(=O)NCC(C)C)N(Cc1ccc(Cl)cc1)C(=O)CN(c1ccc(Oc2ccccc2)cc1)S(=O)(=O)c1ccccc1. The molecule has 0 aliphatic heterocycles. The molecule has 4 rings (SSSR count). The Balaban J connectivity index is 1.70. The summed E-state index contributed by atoms with van der Waals surface area (Å²) in [5.74, 6) is 0.528. The third kappa shape index (κ3) is 9.09. The molecule has 0 radical (unpaired) electrons. The average molecular weight is 648 g/mol. The monoisotopic (exact) mass is 647 g/mol. The van der Waals surface area contributed by atoms with Crippen molar-refractivity contribution >= 4 is 39.1 Å². The predicted octanol–water partition coefficient (Wildman–Crippen LogP) is 6.91. The molecule has 0 spiro atoms. The largest absolute Gasteiger partial charge is 0.457 e. The smallest absolute Gasteiger partial charge is 0.264 e. The molecular formula is C35H38ClN3O5S. The van der Waals surface area contributed by atoms with Gasteiger partial charge in [-0.1, -0.05) is 80.9 Å². The number of anilines is 1. The van der Waals surface area contributed by atoms with Crippen molar-refractivity contribution in [2.75, 3.05) is 17.4 Å². The summed E-state index contributed by atoms with van der Waals surface area (Å²) < 4.78 is 35.1. The van der Waals surface area contributed by atoms with E-state index in [0.717, 1.165) is 9.87 Å². The Labute approximate surface area is 270 Å². The van der Waals surface area contributed by atoms with E-state index in [2.05, 4.69) is 5.32 Å². The quantitative estimate of drug-likeness (QED) is 0.161. The highest BCUT2D eigenvalue weighted by Crippen LogP contribution is 2.29. The van der Waals surface area contributed by atoms with E-state index in [1.807, 2.05) is 51.1 Å². The van der Waals surface area contributed by atoms with Crippen molar-refractivity contribution in [1.82, 2.24) is 10.2 Å². The first-order chi connectivity index (χ1) is 21.6. The molecule has 0 heterocycles. The maximum absolute atomic E-state index is 14.2. The summed E-state index contributed by atoms with van der Waals surface area (Å²) in [6.07, 6.45) is 0.334. The van der Waals surface area contributed by atoms with Crippen molar-refractivity contribution < 1.29 is 22.7 Å². The van der Waals surface area contributed by atoms with E-state index in [-0.39, 0.29) is 29.0 Å². The fourth-order valence-corrected chi connectivity index (χ4v) is 6.24. The van der Waals surface area contributed by atoms with Gasteiger partial charge in [0.1, 0.15) is 24.1 Å². The summed E-state index contributed by atoms with van der Waals surface area (Å²) >= 11 is 6.10. The molecule has 8 nitrogen and oxygen atoms in total. The number of carbonyl (C=O) groups is 2. The number of nitrogens with one attached hydrogen (secondary N) is 1. The molecule has 236 valence electrons. The molecule has 0 unspecified atom stereocenters. The number of para-hydroxylation sites is 1. The lowest BCUT2D eigenvalue weighted by Crippen LogP contribution is -2.52. The molecule has 2 amide bonds. The average Bonchev–Trinajstić information content (AvgIpc) is 3.04. The third-order valence-electron chi connectivity index (χ3n) is 7.05. The van der Waals surface area contributed by atoms with Crippen molar-refractivity contribution in [2.24, 2.45) is 5.92 Å². The van der Waals surface area contributed by atoms with Crippen LogP contribution in [0.3, 0.4) is 0 Å². The van der Waals surface area contributed by atoms with Crippen LogP contribution in [0.4, 0.5) is 5.69 Å². The molecule has 1 atom stereocenters. The van der Waals surface area contributed by atoms with Gasteiger partial charge in [0.05, 0.1) is 10.6 Å². The maximum Gasteiger partial charge on any atom is 0.264 e. The zero-order chi connectivity index (χ0) is 32.4. The minimum atomic E-state index is -4.18. The van der Waals surface area contributed by atoms with Crippen LogP contribution in [0.25, 0.3) is 0 Å². The van der Waals surface area contributed by atoms with Crippen LogP contribution in [-0.4, -0.2) is 44.3 Å². The van der Waals surface area contributed by atoms with Gasteiger partial charge >= 0.3 is 0 Å². The third-order valence-corrected chi connectivity index (χ3v) is 9.09. The standard InChI is InChI=1S/C35H38ClN3O5S/c1-4-33(35(41)37-23-26(2)3)38(24-27-15-17-28(36)18-16-27)34(40)25-39(45(42,43)32-13-9-6-10-14-32)29-19-21-31(22-20-29)44-30-11-7-5-8-12-30/h5-22,26,33H,4,23-25H2,1-3H3,(H,37,41)/t33-/m1/s1. The Morgan fingerprint density at radius 2 is 1.40 bits per heavy atom. The summed E-state index contributed by atoms with van der Waals surface area (Å²) in [6.45, 7) is 5.81. The highest BCUT2D eigenvalue weighted by molar-refractivity contribution is 7.92. The molecule has 0 saturated carbocycles. The van der Waals surface area contributed by atoms with Crippen molar-refractivity contribution in [3.05, 3.63) is 120 Å². The van der Waals surface area contributed by atoms with E-state index in [9.17, 15) is 18.0 Å². The molecule has 4 aromatic rings. The Bertz CT molecular complexity index is 1650. The van der Waals surface area contributed by atoms with Gasteiger partial charge in [0.25, 0.3) is 10.0 Å². The Morgan fingerprint density at radius 1 is 0.822 bits per heavy atom. The van der Waals surface area contributed by atoms with Crippen LogP contribution in [-0.2, 0) is 26.2 Å². The number of rotatable bonds is 14. The van der Waals surface area contributed by atoms with Crippen LogP contribution in [0.5, 0.6) is 11.5 Å². The first-order valence-corrected chi connectivity index (χ1v) is 16.6. The molecule has 0 fully saturated rings. The molecule has 0 saturated heterocycles. The lowest BCUT2D eigenvalue weighted by Gasteiger charge is -2.33. The predicted molar refractivity (Wildman–Crippen MR) is 178 cm³/mol. The van der Waals surface area contributed by atoms with Gasteiger partial charge in [-0.3, -0.25) is 13.9 Å². The van der Waals surface area contributed by atoms with Crippen LogP contribution in [0.2, 0.25) is 5.02 Å². The number of benzene rings is 4. The van der Waals surface area contributed by atoms with Crippen LogP contribution in [0.1, 0.15) is 32.8 Å². The van der Waals surface area contributed by atoms with Crippen molar-refractivity contribution in [1.29, 1.82) is 0 Å². The van der Waals surface area contributed by atoms with Crippen LogP contribution < -0.4 is 14.4 Å². The van der Waals surface area contributed by atoms with Crippen LogP contribution in [0, 0.1) is 5.92 Å². The molecule has 4 aromatic carbocycles. The maximum atomic E-state index is 14.2. The first kappa shape index (κ1) is 33.6. The highest BCUT2D eigenvalue weighted by atomic mass is 35.5. The molecular weight excluding hydrogens is 610 g/mol. The molecule has 0 aliphatic carbocycles. The fourth-order valence-electron chi connectivity index (χ4n) is 4.68. The zero-order valence-electron chi connectivity index (χ0n) is 25.6. The second-order valence-electron chi connectivity index (χ2n) is 10.9. The first-order valence-electron chi connectivity index (χ1n) is 14.8. The normalized spacial score (nSPS) is 11.9. The molecule has 45 heavy (non-hydrogen) atoms. The number of halogens is 1. The second kappa shape index (κ2) is 15.6. The Hall–Kier alpha value is -4.34. The molecule has 0 bridgehead atoms. The number of carbonyl (C=O) groups excluding carboxylic acids is 2. The molecule has 10 heteroatoms. The summed E-state index contributed by atoms with van der Waals surface area (Å²) in [7, 11) is -4.18. The number of hydrogen-bond acceptors (Lipinski definition) is 5. The summed E-state index contributed by atoms with van der Waals surface area (Å²) in [5, 5.41) is 3.47. The van der Waals surface area contributed by atoms with Crippen molar-refractivity contribution in [2.45, 2.75) is 44.7 Å². The van der Waals surface area contributed by atoms with Gasteiger partial charge in [-0.25, -0.2) is 8.42 Å². The number of sulfonamides is 1. The van der Waals surface area contributed by atoms with Gasteiger partial charge in [0.15, 0.2) is 0 Å². The second-order valence-corrected chi connectivity index (χ2v) is 13.2. The Morgan fingerprint density at radius 3 is 1.98 bits per heavy atom. The zero-order valence-corrected chi connectivity index (χ0v) is 27.2. The number of amides is 2. The van der Waals surface area contributed by atoms with Crippen LogP contribution in [0.15, 0.2) is 114 Å². The number of nitrogens with zero attached hydrogens (tertiary/aromatic N) is 2. The van der Waals surface area contributed by atoms with E-state index in [4.69, 9.17) is 16.3 Å². The van der Waals surface area contributed by atoms with Crippen molar-refractivity contribution in [3.63, 3.8) is 0 Å². The summed E-state index contributed by atoms with van der Waals surface area (Å²) in [6, 6.07) is 29.8. The summed E-state index contributed by atoms with van der Waals surface area (Å²) in [5.41, 5.74) is 1.03. The van der Waals surface area contributed by atoms with E-state index in [1.165, 1.54) is 17.0 Å². The van der Waals surface area contributed by atoms with E-state index >= 15 is 0 Å². The summed E-state index contributed by atoms with van der Waals surface area (Å²) in [4.78, 5) is 29.1. The Kier molecular flexibility index (Phi) is 11.6. The van der Waals surface area contributed by atoms with Crippen molar-refractivity contribution in [3.8, 4) is 11.5 Å². The minimum Gasteiger partial charge on any atom is -0.457 e. The van der Waals surface area contributed by atoms with Gasteiger partial charge in [0.2, 0.25) is 11.8 Å². The van der Waals surface area contributed by atoms with Gasteiger partial charge in [-0.05, 0) is 78.6 Å². The van der Waals surface area contributed by atoms with E-state index < -0.39 is 28.5 Å². The molecule has 0 aliphatic rings. The minimum absolute atomic E-state index is 0.0355. The van der Waals surface area contributed by atoms with Gasteiger partial charge in [0, 0.05) is 18.1 Å². The molecule has 1 N–H and O–H groups in total. The lowest BCUT2D eigenvalue weighted by molar-refractivity contribution is -0.140. The highest BCUT2D eigenvalue weighted by Gasteiger charge is 2.33. The van der Waals surface area contributed by atoms with E-state index in [1.54, 1.807) is 66.7 Å². The van der Waals surface area contributed by atoms with Gasteiger partial charge < -0.3 is 15.0 Å². The van der Waals surface area contributed by atoms with Gasteiger partial charge in [-0.2, -0.15) is 0 Å². The number of hydrogen-bond donors (Lipinski definition) is 1. The number of ether oxygens (including phenoxy) is 1. The fraction of sp³-hybridized carbons (Fsp3) is 0.257.